The number of fused-ring (bicyclic) bond motifs is 2. The Hall–Kier alpha value is -1.08. The first-order chi connectivity index (χ1) is 8.15. The summed E-state index contributed by atoms with van der Waals surface area (Å²) in [5, 5.41) is 12.2. The predicted molar refractivity (Wildman–Crippen MR) is 63.1 cm³/mol. The van der Waals surface area contributed by atoms with Crippen LogP contribution in [0.2, 0.25) is 0 Å². The normalized spacial score (nSPS) is 31.2. The Balaban J connectivity index is 1.99. The van der Waals surface area contributed by atoms with E-state index in [-0.39, 0.29) is 18.1 Å². The van der Waals surface area contributed by atoms with Crippen molar-refractivity contribution >= 4 is 5.91 Å². The minimum absolute atomic E-state index is 0.118. The van der Waals surface area contributed by atoms with E-state index in [2.05, 4.69) is 11.4 Å². The number of nitriles is 1. The fourth-order valence-electron chi connectivity index (χ4n) is 2.88. The molecule has 0 spiro atoms. The Morgan fingerprint density at radius 1 is 1.47 bits per heavy atom. The quantitative estimate of drug-likeness (QED) is 0.809. The SMILES string of the molecule is CCC(C#N)(CC)C(=O)NC1CC2CCC1O2. The molecule has 1 N–H and O–H groups in total. The topological polar surface area (TPSA) is 62.1 Å². The fourth-order valence-corrected chi connectivity index (χ4v) is 2.88. The van der Waals surface area contributed by atoms with Crippen LogP contribution < -0.4 is 5.32 Å². The molecule has 94 valence electrons. The van der Waals surface area contributed by atoms with Gasteiger partial charge in [-0.1, -0.05) is 13.8 Å². The third-order valence-electron chi connectivity index (χ3n) is 4.28. The third kappa shape index (κ3) is 2.04. The first kappa shape index (κ1) is 12.4. The van der Waals surface area contributed by atoms with Gasteiger partial charge in [0.15, 0.2) is 0 Å². The molecule has 2 saturated heterocycles. The Bertz CT molecular complexity index is 344. The van der Waals surface area contributed by atoms with Crippen molar-refractivity contribution in [2.75, 3.05) is 0 Å². The maximum Gasteiger partial charge on any atom is 0.240 e. The second kappa shape index (κ2) is 4.66. The standard InChI is InChI=1S/C13H20N2O2/c1-3-13(4-2,8-14)12(16)15-10-7-9-5-6-11(10)17-9/h9-11H,3-7H2,1-2H3,(H,15,16). The summed E-state index contributed by atoms with van der Waals surface area (Å²) in [5.74, 6) is -0.119. The number of ether oxygens (including phenoxy) is 1. The van der Waals surface area contributed by atoms with Crippen LogP contribution in [0.5, 0.6) is 0 Å². The van der Waals surface area contributed by atoms with Gasteiger partial charge in [0.1, 0.15) is 5.41 Å². The van der Waals surface area contributed by atoms with E-state index >= 15 is 0 Å². The minimum Gasteiger partial charge on any atom is -0.373 e. The molecule has 0 saturated carbocycles. The van der Waals surface area contributed by atoms with Crippen molar-refractivity contribution in [2.45, 2.75) is 64.2 Å². The van der Waals surface area contributed by atoms with Crippen molar-refractivity contribution in [2.24, 2.45) is 5.41 Å². The van der Waals surface area contributed by atoms with Crippen LogP contribution in [-0.4, -0.2) is 24.2 Å². The summed E-state index contributed by atoms with van der Waals surface area (Å²) in [7, 11) is 0. The number of amides is 1. The Morgan fingerprint density at radius 3 is 2.59 bits per heavy atom. The molecule has 0 aromatic rings. The molecule has 2 heterocycles. The highest BCUT2D eigenvalue weighted by atomic mass is 16.5. The fraction of sp³-hybridized carbons (Fsp3) is 0.846. The van der Waals surface area contributed by atoms with Crippen LogP contribution in [0.15, 0.2) is 0 Å². The van der Waals surface area contributed by atoms with Crippen LogP contribution in [-0.2, 0) is 9.53 Å². The second-order valence-corrected chi connectivity index (χ2v) is 5.09. The van der Waals surface area contributed by atoms with Gasteiger partial charge in [-0.15, -0.1) is 0 Å². The summed E-state index contributed by atoms with van der Waals surface area (Å²) < 4.78 is 5.70. The van der Waals surface area contributed by atoms with Gasteiger partial charge in [-0.3, -0.25) is 4.79 Å². The molecule has 2 aliphatic heterocycles. The third-order valence-corrected chi connectivity index (χ3v) is 4.28. The largest absolute Gasteiger partial charge is 0.373 e. The van der Waals surface area contributed by atoms with E-state index < -0.39 is 5.41 Å². The lowest BCUT2D eigenvalue weighted by Gasteiger charge is -2.27. The van der Waals surface area contributed by atoms with Crippen molar-refractivity contribution in [3.05, 3.63) is 0 Å². The van der Waals surface area contributed by atoms with Crippen LogP contribution in [0.3, 0.4) is 0 Å². The number of carbonyl (C=O) groups excluding carboxylic acids is 1. The van der Waals surface area contributed by atoms with E-state index in [0.29, 0.717) is 18.9 Å². The summed E-state index contributed by atoms with van der Waals surface area (Å²) >= 11 is 0. The molecule has 3 unspecified atom stereocenters. The smallest absolute Gasteiger partial charge is 0.240 e. The molecule has 1 amide bonds. The zero-order chi connectivity index (χ0) is 12.5. The van der Waals surface area contributed by atoms with Gasteiger partial charge in [-0.2, -0.15) is 5.26 Å². The zero-order valence-electron chi connectivity index (χ0n) is 10.5. The van der Waals surface area contributed by atoms with Crippen LogP contribution in [0.25, 0.3) is 0 Å². The molecule has 4 heteroatoms. The van der Waals surface area contributed by atoms with Gasteiger partial charge < -0.3 is 10.1 Å². The number of hydrogen-bond donors (Lipinski definition) is 1. The van der Waals surface area contributed by atoms with Crippen LogP contribution in [0.4, 0.5) is 0 Å². The summed E-state index contributed by atoms with van der Waals surface area (Å²) in [6.45, 7) is 3.78. The summed E-state index contributed by atoms with van der Waals surface area (Å²) in [6, 6.07) is 2.30. The highest BCUT2D eigenvalue weighted by molar-refractivity contribution is 5.85. The highest BCUT2D eigenvalue weighted by Gasteiger charge is 2.44. The summed E-state index contributed by atoms with van der Waals surface area (Å²) in [5.41, 5.74) is -0.859. The molecular formula is C13H20N2O2. The average molecular weight is 236 g/mol. The van der Waals surface area contributed by atoms with E-state index in [0.717, 1.165) is 19.3 Å². The van der Waals surface area contributed by atoms with Crippen LogP contribution in [0.1, 0.15) is 46.0 Å². The van der Waals surface area contributed by atoms with Crippen LogP contribution >= 0.6 is 0 Å². The molecule has 17 heavy (non-hydrogen) atoms. The molecule has 2 fully saturated rings. The molecule has 0 radical (unpaired) electrons. The van der Waals surface area contributed by atoms with Crippen molar-refractivity contribution in [1.82, 2.24) is 5.32 Å². The second-order valence-electron chi connectivity index (χ2n) is 5.09. The Morgan fingerprint density at radius 2 is 2.18 bits per heavy atom. The summed E-state index contributed by atoms with van der Waals surface area (Å²) in [4.78, 5) is 12.2. The lowest BCUT2D eigenvalue weighted by molar-refractivity contribution is -0.129. The van der Waals surface area contributed by atoms with E-state index in [1.165, 1.54) is 0 Å². The average Bonchev–Trinajstić information content (AvgIpc) is 2.94. The maximum atomic E-state index is 12.2. The maximum absolute atomic E-state index is 12.2. The molecule has 0 aromatic carbocycles. The van der Waals surface area contributed by atoms with Crippen LogP contribution in [0, 0.1) is 16.7 Å². The molecule has 4 nitrogen and oxygen atoms in total. The van der Waals surface area contributed by atoms with E-state index in [9.17, 15) is 10.1 Å². The van der Waals surface area contributed by atoms with E-state index in [4.69, 9.17) is 4.74 Å². The Kier molecular flexibility index (Phi) is 3.39. The number of carbonyl (C=O) groups is 1. The van der Waals surface area contributed by atoms with Gasteiger partial charge in [0.2, 0.25) is 5.91 Å². The van der Waals surface area contributed by atoms with Crippen molar-refractivity contribution in [3.63, 3.8) is 0 Å². The summed E-state index contributed by atoms with van der Waals surface area (Å²) in [6.07, 6.45) is 4.68. The number of nitrogens with one attached hydrogen (secondary N) is 1. The van der Waals surface area contributed by atoms with Gasteiger partial charge in [0.25, 0.3) is 0 Å². The lowest BCUT2D eigenvalue weighted by Crippen LogP contribution is -2.48. The number of hydrogen-bond acceptors (Lipinski definition) is 3. The molecule has 3 atom stereocenters. The number of rotatable bonds is 4. The molecule has 2 rings (SSSR count). The Labute approximate surface area is 102 Å². The highest BCUT2D eigenvalue weighted by Crippen LogP contribution is 2.35. The van der Waals surface area contributed by atoms with Crippen molar-refractivity contribution < 1.29 is 9.53 Å². The van der Waals surface area contributed by atoms with E-state index in [1.54, 1.807) is 0 Å². The molecule has 0 aliphatic carbocycles. The van der Waals surface area contributed by atoms with Gasteiger partial charge in [0, 0.05) is 0 Å². The number of nitrogens with zero attached hydrogens (tertiary/aromatic N) is 1. The van der Waals surface area contributed by atoms with Gasteiger partial charge in [-0.25, -0.2) is 0 Å². The molecular weight excluding hydrogens is 216 g/mol. The monoisotopic (exact) mass is 236 g/mol. The van der Waals surface area contributed by atoms with Gasteiger partial charge in [0.05, 0.1) is 24.3 Å². The first-order valence-corrected chi connectivity index (χ1v) is 6.53. The molecule has 2 aliphatic rings. The predicted octanol–water partition coefficient (Wildman–Crippen LogP) is 1.75. The molecule has 0 aromatic heterocycles. The van der Waals surface area contributed by atoms with Crippen molar-refractivity contribution in [3.8, 4) is 6.07 Å². The minimum atomic E-state index is -0.859. The lowest BCUT2D eigenvalue weighted by atomic mass is 9.82. The van der Waals surface area contributed by atoms with E-state index in [1.807, 2.05) is 13.8 Å². The zero-order valence-corrected chi connectivity index (χ0v) is 10.5. The van der Waals surface area contributed by atoms with Gasteiger partial charge in [-0.05, 0) is 32.1 Å². The first-order valence-electron chi connectivity index (χ1n) is 6.53. The van der Waals surface area contributed by atoms with Crippen molar-refractivity contribution in [1.29, 1.82) is 5.26 Å². The van der Waals surface area contributed by atoms with Gasteiger partial charge >= 0.3 is 0 Å². The molecule has 2 bridgehead atoms.